The van der Waals surface area contributed by atoms with Crippen LogP contribution in [-0.2, 0) is 6.61 Å². The second-order valence-corrected chi connectivity index (χ2v) is 6.75. The number of rotatable bonds is 7. The summed E-state index contributed by atoms with van der Waals surface area (Å²) in [5.41, 5.74) is 0.865. The van der Waals surface area contributed by atoms with E-state index in [1.807, 2.05) is 73.7 Å². The predicted octanol–water partition coefficient (Wildman–Crippen LogP) is 5.69. The maximum absolute atomic E-state index is 13.2. The minimum Gasteiger partial charge on any atom is -0.493 e. The van der Waals surface area contributed by atoms with Crippen molar-refractivity contribution in [3.05, 3.63) is 90.4 Å². The Labute approximate surface area is 175 Å². The van der Waals surface area contributed by atoms with E-state index in [9.17, 15) is 4.79 Å². The third-order valence-corrected chi connectivity index (χ3v) is 4.93. The quantitative estimate of drug-likeness (QED) is 0.399. The van der Waals surface area contributed by atoms with Gasteiger partial charge in [0.25, 0.3) is 5.91 Å². The smallest absolute Gasteiger partial charge is 0.293 e. The minimum atomic E-state index is -0.183. The van der Waals surface area contributed by atoms with Gasteiger partial charge in [0, 0.05) is 11.9 Å². The van der Waals surface area contributed by atoms with Gasteiger partial charge in [-0.25, -0.2) is 0 Å². The zero-order chi connectivity index (χ0) is 20.9. The van der Waals surface area contributed by atoms with Crippen LogP contribution in [0.3, 0.4) is 0 Å². The average Bonchev–Trinajstić information content (AvgIpc) is 3.27. The molecule has 1 heterocycles. The molecule has 0 bridgehead atoms. The molecule has 0 N–H and O–H groups in total. The molecule has 0 saturated heterocycles. The number of ether oxygens (including phenoxy) is 2. The van der Waals surface area contributed by atoms with Gasteiger partial charge in [0.1, 0.15) is 12.4 Å². The monoisotopic (exact) mass is 401 g/mol. The van der Waals surface area contributed by atoms with E-state index in [-0.39, 0.29) is 18.3 Å². The van der Waals surface area contributed by atoms with Crippen LogP contribution in [0.1, 0.15) is 23.2 Å². The Hall–Kier alpha value is -3.73. The number of para-hydroxylation sites is 2. The van der Waals surface area contributed by atoms with Gasteiger partial charge in [-0.1, -0.05) is 48.5 Å². The number of anilines is 1. The van der Waals surface area contributed by atoms with Crippen molar-refractivity contribution >= 4 is 22.4 Å². The Morgan fingerprint density at radius 2 is 1.63 bits per heavy atom. The molecule has 0 unspecified atom stereocenters. The Bertz CT molecular complexity index is 1160. The van der Waals surface area contributed by atoms with Crippen LogP contribution in [0.4, 0.5) is 5.69 Å². The predicted molar refractivity (Wildman–Crippen MR) is 117 cm³/mol. The molecule has 1 aromatic heterocycles. The number of hydrogen-bond acceptors (Lipinski definition) is 4. The fourth-order valence-corrected chi connectivity index (χ4v) is 3.46. The van der Waals surface area contributed by atoms with Crippen molar-refractivity contribution in [2.45, 2.75) is 13.5 Å². The lowest BCUT2D eigenvalue weighted by molar-refractivity contribution is 0.0957. The Morgan fingerprint density at radius 3 is 2.43 bits per heavy atom. The summed E-state index contributed by atoms with van der Waals surface area (Å²) >= 11 is 0. The lowest BCUT2D eigenvalue weighted by Crippen LogP contribution is -2.30. The zero-order valence-corrected chi connectivity index (χ0v) is 17.0. The maximum Gasteiger partial charge on any atom is 0.293 e. The van der Waals surface area contributed by atoms with E-state index in [0.29, 0.717) is 23.8 Å². The number of hydrogen-bond donors (Lipinski definition) is 0. The van der Waals surface area contributed by atoms with E-state index in [0.717, 1.165) is 16.5 Å². The lowest BCUT2D eigenvalue weighted by atomic mass is 10.1. The van der Waals surface area contributed by atoms with Crippen molar-refractivity contribution in [3.8, 4) is 11.5 Å². The molecule has 5 heteroatoms. The molecule has 0 aliphatic carbocycles. The summed E-state index contributed by atoms with van der Waals surface area (Å²) in [5, 5.41) is 2.12. The van der Waals surface area contributed by atoms with Crippen LogP contribution in [0.15, 0.2) is 83.3 Å². The molecule has 0 aliphatic rings. The van der Waals surface area contributed by atoms with E-state index in [4.69, 9.17) is 13.9 Å². The molecule has 1 amide bonds. The molecule has 4 rings (SSSR count). The molecule has 0 atom stereocenters. The third-order valence-electron chi connectivity index (χ3n) is 4.93. The molecule has 5 nitrogen and oxygen atoms in total. The van der Waals surface area contributed by atoms with Crippen molar-refractivity contribution in [2.24, 2.45) is 0 Å². The summed E-state index contributed by atoms with van der Waals surface area (Å²) in [7, 11) is 1.60. The zero-order valence-electron chi connectivity index (χ0n) is 17.0. The second-order valence-electron chi connectivity index (χ2n) is 6.75. The first-order chi connectivity index (χ1) is 14.7. The molecule has 152 valence electrons. The van der Waals surface area contributed by atoms with Crippen LogP contribution < -0.4 is 14.4 Å². The topological polar surface area (TPSA) is 51.9 Å². The number of nitrogens with zero attached hydrogens (tertiary/aromatic N) is 1. The highest BCUT2D eigenvalue weighted by atomic mass is 16.5. The van der Waals surface area contributed by atoms with Gasteiger partial charge >= 0.3 is 0 Å². The normalized spacial score (nSPS) is 10.7. The molecular weight excluding hydrogens is 378 g/mol. The highest BCUT2D eigenvalue weighted by Crippen LogP contribution is 2.29. The molecule has 0 aliphatic heterocycles. The Balaban J connectivity index is 1.54. The first-order valence-electron chi connectivity index (χ1n) is 9.85. The van der Waals surface area contributed by atoms with Crippen LogP contribution in [0.25, 0.3) is 10.8 Å². The van der Waals surface area contributed by atoms with Crippen molar-refractivity contribution < 1.29 is 18.7 Å². The van der Waals surface area contributed by atoms with Gasteiger partial charge < -0.3 is 18.8 Å². The summed E-state index contributed by atoms with van der Waals surface area (Å²) in [6.07, 6.45) is 0. The van der Waals surface area contributed by atoms with Gasteiger partial charge in [-0.15, -0.1) is 0 Å². The standard InChI is InChI=1S/C25H23NO4/c1-3-26(21-12-8-10-18-9-4-5-11-20(18)21)25(27)24-16-15-19(30-24)17-29-23-14-7-6-13-22(23)28-2/h4-16H,3,17H2,1-2H3. The van der Waals surface area contributed by atoms with Crippen LogP contribution in [0.2, 0.25) is 0 Å². The van der Waals surface area contributed by atoms with Gasteiger partial charge in [-0.05, 0) is 42.6 Å². The van der Waals surface area contributed by atoms with Gasteiger partial charge in [0.15, 0.2) is 17.3 Å². The number of benzene rings is 3. The summed E-state index contributed by atoms with van der Waals surface area (Å²) in [5.74, 6) is 1.93. The van der Waals surface area contributed by atoms with E-state index in [1.165, 1.54) is 0 Å². The third kappa shape index (κ3) is 3.87. The SMILES string of the molecule is CCN(C(=O)c1ccc(COc2ccccc2OC)o1)c1cccc2ccccc12. The molecule has 0 fully saturated rings. The number of fused-ring (bicyclic) bond motifs is 1. The minimum absolute atomic E-state index is 0.183. The number of carbonyl (C=O) groups is 1. The molecule has 3 aromatic carbocycles. The summed E-state index contributed by atoms with van der Waals surface area (Å²) < 4.78 is 16.9. The van der Waals surface area contributed by atoms with E-state index >= 15 is 0 Å². The first-order valence-corrected chi connectivity index (χ1v) is 9.85. The van der Waals surface area contributed by atoms with Crippen LogP contribution in [0, 0.1) is 0 Å². The van der Waals surface area contributed by atoms with E-state index in [2.05, 4.69) is 0 Å². The largest absolute Gasteiger partial charge is 0.493 e. The molecular formula is C25H23NO4. The fourth-order valence-electron chi connectivity index (χ4n) is 3.46. The van der Waals surface area contributed by atoms with E-state index < -0.39 is 0 Å². The molecule has 0 spiro atoms. The first kappa shape index (κ1) is 19.6. The fraction of sp³-hybridized carbons (Fsp3) is 0.160. The number of amides is 1. The molecule has 4 aromatic rings. The van der Waals surface area contributed by atoms with Crippen molar-refractivity contribution in [1.82, 2.24) is 0 Å². The molecule has 0 radical (unpaired) electrons. The Kier molecular flexibility index (Phi) is 5.70. The second kappa shape index (κ2) is 8.74. The lowest BCUT2D eigenvalue weighted by Gasteiger charge is -2.21. The highest BCUT2D eigenvalue weighted by Gasteiger charge is 2.21. The number of carbonyl (C=O) groups excluding carboxylic acids is 1. The van der Waals surface area contributed by atoms with Gasteiger partial charge in [0.2, 0.25) is 0 Å². The summed E-state index contributed by atoms with van der Waals surface area (Å²) in [4.78, 5) is 14.9. The van der Waals surface area contributed by atoms with Crippen LogP contribution in [-0.4, -0.2) is 19.6 Å². The summed E-state index contributed by atoms with van der Waals surface area (Å²) in [6, 6.07) is 24.8. The van der Waals surface area contributed by atoms with Crippen molar-refractivity contribution in [2.75, 3.05) is 18.6 Å². The summed E-state index contributed by atoms with van der Waals surface area (Å²) in [6.45, 7) is 2.68. The Morgan fingerprint density at radius 1 is 0.900 bits per heavy atom. The van der Waals surface area contributed by atoms with Crippen LogP contribution >= 0.6 is 0 Å². The number of furan rings is 1. The van der Waals surface area contributed by atoms with Gasteiger partial charge in [-0.3, -0.25) is 4.79 Å². The maximum atomic E-state index is 13.2. The van der Waals surface area contributed by atoms with E-state index in [1.54, 1.807) is 24.1 Å². The van der Waals surface area contributed by atoms with Gasteiger partial charge in [0.05, 0.1) is 12.8 Å². The molecule has 0 saturated carbocycles. The van der Waals surface area contributed by atoms with Gasteiger partial charge in [-0.2, -0.15) is 0 Å². The highest BCUT2D eigenvalue weighted by molar-refractivity contribution is 6.09. The van der Waals surface area contributed by atoms with Crippen LogP contribution in [0.5, 0.6) is 11.5 Å². The average molecular weight is 401 g/mol. The molecule has 30 heavy (non-hydrogen) atoms. The van der Waals surface area contributed by atoms with Crippen molar-refractivity contribution in [1.29, 1.82) is 0 Å². The van der Waals surface area contributed by atoms with Crippen molar-refractivity contribution in [3.63, 3.8) is 0 Å². The number of methoxy groups -OCH3 is 1.